The van der Waals surface area contributed by atoms with Gasteiger partial charge in [0.15, 0.2) is 6.54 Å². The molecule has 4 nitrogen and oxygen atoms in total. The van der Waals surface area contributed by atoms with E-state index < -0.39 is 5.97 Å². The van der Waals surface area contributed by atoms with Gasteiger partial charge in [-0.05, 0) is 34.0 Å². The van der Waals surface area contributed by atoms with Gasteiger partial charge in [0.1, 0.15) is 6.54 Å². The average Bonchev–Trinajstić information content (AvgIpc) is 2.75. The Morgan fingerprint density at radius 2 is 1.83 bits per heavy atom. The van der Waals surface area contributed by atoms with E-state index in [2.05, 4.69) is 6.07 Å². The van der Waals surface area contributed by atoms with E-state index in [1.165, 1.54) is 4.57 Å². The van der Waals surface area contributed by atoms with E-state index in [0.29, 0.717) is 11.7 Å². The molecule has 0 aliphatic rings. The maximum absolute atomic E-state index is 10.8. The van der Waals surface area contributed by atoms with Crippen LogP contribution in [0.2, 0.25) is 10.3 Å². The van der Waals surface area contributed by atoms with Gasteiger partial charge in [0.2, 0.25) is 6.33 Å². The van der Waals surface area contributed by atoms with Crippen molar-refractivity contribution in [2.75, 3.05) is 0 Å². The molecule has 0 fully saturated rings. The SMILES string of the molecule is O=C(O)Cn1c[n+](Cc2cccc3ccccc23)c(Cl)c1Cl.[Br-]. The van der Waals surface area contributed by atoms with E-state index in [9.17, 15) is 4.79 Å². The molecule has 0 spiro atoms. The van der Waals surface area contributed by atoms with Crippen molar-refractivity contribution in [1.29, 1.82) is 0 Å². The van der Waals surface area contributed by atoms with Crippen molar-refractivity contribution in [2.24, 2.45) is 0 Å². The summed E-state index contributed by atoms with van der Waals surface area (Å²) < 4.78 is 3.16. The number of halogens is 3. The van der Waals surface area contributed by atoms with Crippen LogP contribution in [0.25, 0.3) is 10.8 Å². The molecular weight excluding hydrogens is 403 g/mol. The van der Waals surface area contributed by atoms with Crippen molar-refractivity contribution in [2.45, 2.75) is 13.1 Å². The number of carboxylic acid groups (broad SMARTS) is 1. The number of benzene rings is 2. The van der Waals surface area contributed by atoms with E-state index >= 15 is 0 Å². The molecule has 0 aliphatic heterocycles. The smallest absolute Gasteiger partial charge is 0.346 e. The fraction of sp³-hybridized carbons (Fsp3) is 0.125. The summed E-state index contributed by atoms with van der Waals surface area (Å²) in [6.07, 6.45) is 1.63. The molecular formula is C16H13BrCl2N2O2. The van der Waals surface area contributed by atoms with E-state index in [0.717, 1.165) is 16.3 Å². The van der Waals surface area contributed by atoms with E-state index in [1.807, 2.05) is 36.4 Å². The zero-order chi connectivity index (χ0) is 15.7. The molecule has 3 aromatic rings. The maximum atomic E-state index is 10.8. The van der Waals surface area contributed by atoms with Crippen LogP contribution in [0.3, 0.4) is 0 Å². The van der Waals surface area contributed by atoms with Gasteiger partial charge in [0, 0.05) is 5.56 Å². The van der Waals surface area contributed by atoms with E-state index in [-0.39, 0.29) is 28.7 Å². The van der Waals surface area contributed by atoms with Gasteiger partial charge in [0.25, 0.3) is 10.3 Å². The Hall–Kier alpha value is -1.56. The van der Waals surface area contributed by atoms with Gasteiger partial charge in [-0.2, -0.15) is 0 Å². The third-order valence-corrected chi connectivity index (χ3v) is 4.37. The van der Waals surface area contributed by atoms with Gasteiger partial charge in [-0.15, -0.1) is 0 Å². The van der Waals surface area contributed by atoms with Crippen LogP contribution in [-0.2, 0) is 17.9 Å². The van der Waals surface area contributed by atoms with Crippen molar-refractivity contribution in [3.05, 3.63) is 64.7 Å². The second-order valence-electron chi connectivity index (χ2n) is 4.98. The number of hydrogen-bond acceptors (Lipinski definition) is 1. The first kappa shape index (κ1) is 17.8. The highest BCUT2D eigenvalue weighted by Crippen LogP contribution is 2.21. The predicted molar refractivity (Wildman–Crippen MR) is 85.3 cm³/mol. The highest BCUT2D eigenvalue weighted by atomic mass is 79.9. The van der Waals surface area contributed by atoms with Gasteiger partial charge < -0.3 is 22.1 Å². The molecule has 0 bridgehead atoms. The lowest BCUT2D eigenvalue weighted by atomic mass is 10.0. The summed E-state index contributed by atoms with van der Waals surface area (Å²) in [4.78, 5) is 10.8. The third-order valence-electron chi connectivity index (χ3n) is 3.48. The molecule has 0 aliphatic carbocycles. The summed E-state index contributed by atoms with van der Waals surface area (Å²) in [5.74, 6) is -0.967. The molecule has 7 heteroatoms. The molecule has 0 atom stereocenters. The van der Waals surface area contributed by atoms with Gasteiger partial charge in [-0.25, -0.2) is 13.9 Å². The largest absolute Gasteiger partial charge is 1.00 e. The lowest BCUT2D eigenvalue weighted by molar-refractivity contribution is -0.685. The number of aromatic nitrogens is 2. The van der Waals surface area contributed by atoms with Crippen LogP contribution < -0.4 is 21.5 Å². The molecule has 0 saturated heterocycles. The third kappa shape index (κ3) is 3.68. The highest BCUT2D eigenvalue weighted by molar-refractivity contribution is 6.39. The lowest BCUT2D eigenvalue weighted by Crippen LogP contribution is -3.00. The summed E-state index contributed by atoms with van der Waals surface area (Å²) in [6.45, 7) is 0.299. The molecule has 23 heavy (non-hydrogen) atoms. The number of carbonyl (C=O) groups is 1. The van der Waals surface area contributed by atoms with Crippen molar-refractivity contribution < 1.29 is 31.4 Å². The van der Waals surface area contributed by atoms with Crippen molar-refractivity contribution in [3.63, 3.8) is 0 Å². The number of carboxylic acids is 1. The van der Waals surface area contributed by atoms with Crippen molar-refractivity contribution in [3.8, 4) is 0 Å². The van der Waals surface area contributed by atoms with Gasteiger partial charge in [0.05, 0.1) is 0 Å². The first-order valence-corrected chi connectivity index (χ1v) is 7.44. The quantitative estimate of drug-likeness (QED) is 0.626. The van der Waals surface area contributed by atoms with Crippen LogP contribution >= 0.6 is 23.2 Å². The topological polar surface area (TPSA) is 46.1 Å². The zero-order valence-electron chi connectivity index (χ0n) is 11.9. The second kappa shape index (κ2) is 7.34. The first-order valence-electron chi connectivity index (χ1n) is 6.68. The van der Waals surface area contributed by atoms with Crippen molar-refractivity contribution in [1.82, 2.24) is 4.57 Å². The Labute approximate surface area is 153 Å². The summed E-state index contributed by atoms with van der Waals surface area (Å²) in [7, 11) is 0. The summed E-state index contributed by atoms with van der Waals surface area (Å²) >= 11 is 12.3. The molecule has 0 unspecified atom stereocenters. The minimum absolute atomic E-state index is 0. The van der Waals surface area contributed by atoms with Crippen LogP contribution in [0.1, 0.15) is 5.56 Å². The van der Waals surface area contributed by atoms with Gasteiger partial charge in [-0.3, -0.25) is 0 Å². The van der Waals surface area contributed by atoms with Gasteiger partial charge in [-0.1, -0.05) is 42.5 Å². The van der Waals surface area contributed by atoms with Crippen molar-refractivity contribution >= 4 is 39.9 Å². The zero-order valence-corrected chi connectivity index (χ0v) is 15.0. The fourth-order valence-electron chi connectivity index (χ4n) is 2.49. The number of aliphatic carboxylic acids is 1. The average molecular weight is 416 g/mol. The normalized spacial score (nSPS) is 10.5. The lowest BCUT2D eigenvalue weighted by Gasteiger charge is -2.04. The molecule has 0 saturated carbocycles. The molecule has 120 valence electrons. The number of rotatable bonds is 4. The molecule has 3 rings (SSSR count). The number of imidazole rings is 1. The summed E-state index contributed by atoms with van der Waals surface area (Å²) in [6, 6.07) is 14.1. The summed E-state index contributed by atoms with van der Waals surface area (Å²) in [5.41, 5.74) is 1.09. The minimum atomic E-state index is -0.967. The maximum Gasteiger partial charge on any atom is 0.346 e. The van der Waals surface area contributed by atoms with E-state index in [4.69, 9.17) is 28.3 Å². The Morgan fingerprint density at radius 3 is 2.57 bits per heavy atom. The molecule has 2 aromatic carbocycles. The Balaban J connectivity index is 0.00000192. The number of nitrogens with zero attached hydrogens (tertiary/aromatic N) is 2. The first-order chi connectivity index (χ1) is 10.6. The van der Waals surface area contributed by atoms with Gasteiger partial charge >= 0.3 is 5.97 Å². The Morgan fingerprint density at radius 1 is 1.13 bits per heavy atom. The van der Waals surface area contributed by atoms with Crippen LogP contribution in [-0.4, -0.2) is 15.6 Å². The molecule has 1 aromatic heterocycles. The van der Waals surface area contributed by atoms with E-state index in [1.54, 1.807) is 10.9 Å². The second-order valence-corrected chi connectivity index (χ2v) is 5.70. The minimum Gasteiger partial charge on any atom is -1.00 e. The standard InChI is InChI=1S/C16H12Cl2N2O2.BrH/c17-15-16(18)20(9-14(21)22)10-19(15)8-12-6-3-5-11-4-1-2-7-13(11)12;/h1-7,10H,8-9H2;1H. The van der Waals surface area contributed by atoms with Crippen LogP contribution in [0.4, 0.5) is 0 Å². The Kier molecular flexibility index (Phi) is 5.68. The summed E-state index contributed by atoms with van der Waals surface area (Å²) in [5, 5.41) is 11.7. The van der Waals surface area contributed by atoms with Crippen LogP contribution in [0, 0.1) is 0 Å². The van der Waals surface area contributed by atoms with Crippen LogP contribution in [0.15, 0.2) is 48.8 Å². The molecule has 1 heterocycles. The molecule has 0 radical (unpaired) electrons. The molecule has 0 amide bonds. The number of hydrogen-bond donors (Lipinski definition) is 1. The molecule has 1 N–H and O–H groups in total. The Bertz CT molecular complexity index is 859. The monoisotopic (exact) mass is 414 g/mol. The van der Waals surface area contributed by atoms with Crippen LogP contribution in [0.5, 0.6) is 0 Å². The number of fused-ring (bicyclic) bond motifs is 1. The highest BCUT2D eigenvalue weighted by Gasteiger charge is 2.22. The fourth-order valence-corrected chi connectivity index (χ4v) is 2.91. The predicted octanol–water partition coefficient (Wildman–Crippen LogP) is 0.372.